The molecule has 5 rings (SSSR count). The van der Waals surface area contributed by atoms with E-state index in [1.54, 1.807) is 0 Å². The molecule has 1 saturated heterocycles. The number of nitrogen functional groups attached to an aromatic ring is 1. The number of hydrogen-bond donors (Lipinski definition) is 2. The smallest absolute Gasteiger partial charge is 0.223 e. The standard InChI is InChI=1S/C29H33N7O3S/c1-19(37)24(30)17-40-15-13-25(38)35-14-5-6-21(16-35)36-29-26(28(31)32-18-33-29)27(34-36)20-9-11-23(12-10-20)39-22-7-3-2-4-8-22/h2-4,7-12,18,21,24H,5-6,13-17,30H2,1H3,(H2,31,32,33). The van der Waals surface area contributed by atoms with Crippen LogP contribution in [0.3, 0.4) is 0 Å². The second-order valence-corrected chi connectivity index (χ2v) is 11.0. The van der Waals surface area contributed by atoms with E-state index < -0.39 is 6.04 Å². The highest BCUT2D eigenvalue weighted by molar-refractivity contribution is 7.99. The van der Waals surface area contributed by atoms with Crippen molar-refractivity contribution in [1.29, 1.82) is 0 Å². The Balaban J connectivity index is 1.32. The summed E-state index contributed by atoms with van der Waals surface area (Å²) < 4.78 is 7.84. The largest absolute Gasteiger partial charge is 0.457 e. The van der Waals surface area contributed by atoms with Crippen LogP contribution >= 0.6 is 11.8 Å². The molecule has 10 nitrogen and oxygen atoms in total. The molecule has 4 aromatic rings. The first-order chi connectivity index (χ1) is 19.4. The van der Waals surface area contributed by atoms with Gasteiger partial charge in [-0.2, -0.15) is 16.9 Å². The Bertz CT molecular complexity index is 1480. The number of hydrogen-bond acceptors (Lipinski definition) is 9. The third-order valence-electron chi connectivity index (χ3n) is 7.00. The highest BCUT2D eigenvalue weighted by Gasteiger charge is 2.28. The van der Waals surface area contributed by atoms with Gasteiger partial charge in [0, 0.05) is 36.6 Å². The number of carbonyl (C=O) groups excluding carboxylic acids is 2. The summed E-state index contributed by atoms with van der Waals surface area (Å²) in [6.45, 7) is 2.74. The van der Waals surface area contributed by atoms with Gasteiger partial charge in [-0.05, 0) is 56.2 Å². The maximum absolute atomic E-state index is 13.0. The molecule has 11 heteroatoms. The Morgan fingerprint density at radius 1 is 1.10 bits per heavy atom. The topological polar surface area (TPSA) is 142 Å². The van der Waals surface area contributed by atoms with Crippen LogP contribution in [0.2, 0.25) is 0 Å². The van der Waals surface area contributed by atoms with Crippen molar-refractivity contribution in [3.63, 3.8) is 0 Å². The maximum Gasteiger partial charge on any atom is 0.223 e. The number of nitrogens with two attached hydrogens (primary N) is 2. The van der Waals surface area contributed by atoms with Gasteiger partial charge in [-0.3, -0.25) is 9.59 Å². The van der Waals surface area contributed by atoms with Crippen molar-refractivity contribution in [2.45, 2.75) is 38.3 Å². The van der Waals surface area contributed by atoms with Gasteiger partial charge >= 0.3 is 0 Å². The minimum Gasteiger partial charge on any atom is -0.457 e. The predicted octanol–water partition coefficient (Wildman–Crippen LogP) is 4.07. The Morgan fingerprint density at radius 3 is 2.60 bits per heavy atom. The summed E-state index contributed by atoms with van der Waals surface area (Å²) in [5.74, 6) is 3.04. The molecule has 40 heavy (non-hydrogen) atoms. The van der Waals surface area contributed by atoms with Crippen molar-refractivity contribution in [2.24, 2.45) is 5.73 Å². The first-order valence-corrected chi connectivity index (χ1v) is 14.5. The number of aromatic nitrogens is 4. The number of fused-ring (bicyclic) bond motifs is 1. The van der Waals surface area contributed by atoms with Crippen LogP contribution in [-0.2, 0) is 9.59 Å². The van der Waals surface area contributed by atoms with Crippen LogP contribution in [-0.4, -0.2) is 67.0 Å². The van der Waals surface area contributed by atoms with Crippen molar-refractivity contribution in [2.75, 3.05) is 30.3 Å². The lowest BCUT2D eigenvalue weighted by Crippen LogP contribution is -2.41. The molecule has 1 aliphatic heterocycles. The van der Waals surface area contributed by atoms with Gasteiger partial charge in [0.1, 0.15) is 35.1 Å². The van der Waals surface area contributed by atoms with Crippen molar-refractivity contribution >= 4 is 40.3 Å². The minimum absolute atomic E-state index is 0.0376. The second-order valence-electron chi connectivity index (χ2n) is 9.87. The molecule has 0 spiro atoms. The number of carbonyl (C=O) groups is 2. The lowest BCUT2D eigenvalue weighted by Gasteiger charge is -2.33. The number of amides is 1. The number of likely N-dealkylation sites (tertiary alicyclic amines) is 1. The van der Waals surface area contributed by atoms with Gasteiger partial charge in [-0.1, -0.05) is 18.2 Å². The van der Waals surface area contributed by atoms with E-state index >= 15 is 0 Å². The summed E-state index contributed by atoms with van der Waals surface area (Å²) in [4.78, 5) is 35.0. The number of nitrogens with zero attached hydrogens (tertiary/aromatic N) is 5. The van der Waals surface area contributed by atoms with Crippen molar-refractivity contribution in [3.05, 3.63) is 60.9 Å². The molecule has 0 bridgehead atoms. The molecule has 2 aromatic carbocycles. The first-order valence-electron chi connectivity index (χ1n) is 13.3. The molecular formula is C29H33N7O3S. The summed E-state index contributed by atoms with van der Waals surface area (Å²) in [6.07, 6.45) is 3.59. The number of rotatable bonds is 10. The molecule has 208 valence electrons. The molecule has 2 atom stereocenters. The van der Waals surface area contributed by atoms with Gasteiger partial charge in [0.25, 0.3) is 0 Å². The fourth-order valence-corrected chi connectivity index (χ4v) is 5.76. The van der Waals surface area contributed by atoms with Crippen molar-refractivity contribution in [3.8, 4) is 22.8 Å². The number of thioether (sulfide) groups is 1. The lowest BCUT2D eigenvalue weighted by atomic mass is 10.1. The first kappa shape index (κ1) is 27.6. The summed E-state index contributed by atoms with van der Waals surface area (Å²) >= 11 is 1.53. The third-order valence-corrected chi connectivity index (χ3v) is 8.09. The van der Waals surface area contributed by atoms with E-state index in [1.165, 1.54) is 25.0 Å². The maximum atomic E-state index is 13.0. The number of Topliss-reactive ketones (excluding diaryl/α,β-unsaturated/α-hetero) is 1. The van der Waals surface area contributed by atoms with E-state index in [2.05, 4.69) is 9.97 Å². The van der Waals surface area contributed by atoms with Gasteiger partial charge in [0.2, 0.25) is 5.91 Å². The molecular weight excluding hydrogens is 526 g/mol. The molecule has 1 aliphatic rings. The minimum atomic E-state index is -0.483. The molecule has 0 aliphatic carbocycles. The van der Waals surface area contributed by atoms with Gasteiger partial charge in [-0.15, -0.1) is 0 Å². The van der Waals surface area contributed by atoms with Crippen molar-refractivity contribution < 1.29 is 14.3 Å². The Morgan fingerprint density at radius 2 is 1.85 bits per heavy atom. The fourth-order valence-electron chi connectivity index (χ4n) is 4.78. The van der Waals surface area contributed by atoms with Gasteiger partial charge in [0.15, 0.2) is 5.65 Å². The summed E-state index contributed by atoms with van der Waals surface area (Å²) in [7, 11) is 0. The summed E-state index contributed by atoms with van der Waals surface area (Å²) in [5, 5.41) is 5.66. The van der Waals surface area contributed by atoms with Crippen LogP contribution in [0, 0.1) is 0 Å². The number of benzene rings is 2. The van der Waals surface area contributed by atoms with E-state index in [1.807, 2.05) is 64.2 Å². The zero-order valence-electron chi connectivity index (χ0n) is 22.4. The van der Waals surface area contributed by atoms with Gasteiger partial charge < -0.3 is 21.1 Å². The van der Waals surface area contributed by atoms with Crippen LogP contribution < -0.4 is 16.2 Å². The fraction of sp³-hybridized carbons (Fsp3) is 0.345. The molecule has 3 heterocycles. The monoisotopic (exact) mass is 559 g/mol. The van der Waals surface area contributed by atoms with E-state index in [4.69, 9.17) is 21.3 Å². The van der Waals surface area contributed by atoms with Gasteiger partial charge in [0.05, 0.1) is 17.5 Å². The zero-order valence-corrected chi connectivity index (χ0v) is 23.2. The summed E-state index contributed by atoms with van der Waals surface area (Å²) in [5.41, 5.74) is 14.3. The average Bonchev–Trinajstić information content (AvgIpc) is 3.37. The molecule has 2 aromatic heterocycles. The quantitative estimate of drug-likeness (QED) is 0.275. The second kappa shape index (κ2) is 12.5. The molecule has 0 radical (unpaired) electrons. The van der Waals surface area contributed by atoms with Crippen molar-refractivity contribution in [1.82, 2.24) is 24.6 Å². The normalized spacial score (nSPS) is 16.1. The van der Waals surface area contributed by atoms with E-state index in [0.29, 0.717) is 59.3 Å². The van der Waals surface area contributed by atoms with E-state index in [0.717, 1.165) is 24.2 Å². The van der Waals surface area contributed by atoms with Crippen LogP contribution in [0.1, 0.15) is 32.2 Å². The number of ether oxygens (including phenoxy) is 1. The number of para-hydroxylation sites is 1. The van der Waals surface area contributed by atoms with E-state index in [-0.39, 0.29) is 17.7 Å². The van der Waals surface area contributed by atoms with Crippen LogP contribution in [0.4, 0.5) is 5.82 Å². The average molecular weight is 560 g/mol. The van der Waals surface area contributed by atoms with Gasteiger partial charge in [-0.25, -0.2) is 14.6 Å². The Hall–Kier alpha value is -3.96. The molecule has 0 saturated carbocycles. The molecule has 1 amide bonds. The van der Waals surface area contributed by atoms with Crippen LogP contribution in [0.25, 0.3) is 22.3 Å². The number of anilines is 1. The third kappa shape index (κ3) is 6.26. The molecule has 1 fully saturated rings. The predicted molar refractivity (Wildman–Crippen MR) is 157 cm³/mol. The number of ketones is 1. The molecule has 2 unspecified atom stereocenters. The Labute approximate surface area is 237 Å². The van der Waals surface area contributed by atoms with Crippen LogP contribution in [0.5, 0.6) is 11.5 Å². The van der Waals surface area contributed by atoms with E-state index in [9.17, 15) is 9.59 Å². The van der Waals surface area contributed by atoms with Crippen LogP contribution in [0.15, 0.2) is 60.9 Å². The highest BCUT2D eigenvalue weighted by Crippen LogP contribution is 2.35. The SMILES string of the molecule is CC(=O)C(N)CSCCC(=O)N1CCCC(n2nc(-c3ccc(Oc4ccccc4)cc3)c3c(N)ncnc32)C1. The Kier molecular flexibility index (Phi) is 8.61. The number of piperidine rings is 1. The zero-order chi connectivity index (χ0) is 28.1. The molecule has 4 N–H and O–H groups in total. The highest BCUT2D eigenvalue weighted by atomic mass is 32.2. The summed E-state index contributed by atoms with van der Waals surface area (Å²) in [6, 6.07) is 16.8. The lowest BCUT2D eigenvalue weighted by molar-refractivity contribution is -0.132.